The Labute approximate surface area is 137 Å². The van der Waals surface area contributed by atoms with E-state index in [1.807, 2.05) is 47.4 Å². The third-order valence-electron chi connectivity index (χ3n) is 4.58. The highest BCUT2D eigenvalue weighted by molar-refractivity contribution is 5.99. The minimum atomic E-state index is -0.0736. The normalized spacial score (nSPS) is 16.9. The van der Waals surface area contributed by atoms with E-state index in [4.69, 9.17) is 0 Å². The van der Waals surface area contributed by atoms with E-state index in [0.29, 0.717) is 0 Å². The molecule has 4 heteroatoms. The molecule has 0 saturated heterocycles. The van der Waals surface area contributed by atoms with Crippen molar-refractivity contribution in [3.63, 3.8) is 0 Å². The number of hydrogen-bond donors (Lipinski definition) is 0. The Morgan fingerprint density at radius 2 is 1.83 bits per heavy atom. The molecule has 2 aromatic rings. The highest BCUT2D eigenvalue weighted by atomic mass is 16.2. The zero-order valence-corrected chi connectivity index (χ0v) is 13.8. The highest BCUT2D eigenvalue weighted by Gasteiger charge is 2.37. The van der Waals surface area contributed by atoms with Crippen LogP contribution >= 0.6 is 0 Å². The smallest absolute Gasteiger partial charge is 0.255 e. The molecule has 3 rings (SSSR count). The molecular weight excluding hydrogens is 286 g/mol. The predicted molar refractivity (Wildman–Crippen MR) is 91.3 cm³/mol. The standard InChI is InChI=1S/C19H23N3O/c1-3-21(4-2)13-14-22-18(17-11-7-8-12-20-17)15-9-5-6-10-16(15)19(22)23/h5-12,18H,3-4,13-14H2,1-2H3. The van der Waals surface area contributed by atoms with Crippen LogP contribution in [0.15, 0.2) is 48.7 Å². The van der Waals surface area contributed by atoms with Gasteiger partial charge in [-0.05, 0) is 36.9 Å². The fraction of sp³-hybridized carbons (Fsp3) is 0.368. The predicted octanol–water partition coefficient (Wildman–Crippen LogP) is 2.97. The largest absolute Gasteiger partial charge is 0.325 e. The third kappa shape index (κ3) is 2.99. The van der Waals surface area contributed by atoms with Crippen molar-refractivity contribution in [2.45, 2.75) is 19.9 Å². The minimum absolute atomic E-state index is 0.0736. The molecule has 1 aliphatic heterocycles. The number of benzene rings is 1. The first kappa shape index (κ1) is 15.7. The lowest BCUT2D eigenvalue weighted by atomic mass is 10.0. The van der Waals surface area contributed by atoms with Gasteiger partial charge in [0.05, 0.1) is 5.69 Å². The van der Waals surface area contributed by atoms with Crippen LogP contribution in [0.4, 0.5) is 0 Å². The summed E-state index contributed by atoms with van der Waals surface area (Å²) < 4.78 is 0. The molecule has 0 saturated carbocycles. The number of pyridine rings is 1. The summed E-state index contributed by atoms with van der Waals surface area (Å²) in [6.45, 7) is 7.91. The maximum absolute atomic E-state index is 12.8. The van der Waals surface area contributed by atoms with E-state index in [0.717, 1.165) is 43.0 Å². The first-order chi connectivity index (χ1) is 11.3. The van der Waals surface area contributed by atoms with Gasteiger partial charge in [-0.1, -0.05) is 38.1 Å². The number of rotatable bonds is 6. The molecule has 23 heavy (non-hydrogen) atoms. The average Bonchev–Trinajstić information content (AvgIpc) is 2.89. The Kier molecular flexibility index (Phi) is 4.72. The van der Waals surface area contributed by atoms with Crippen molar-refractivity contribution < 1.29 is 4.79 Å². The first-order valence-corrected chi connectivity index (χ1v) is 8.29. The molecular formula is C19H23N3O. The number of nitrogens with zero attached hydrogens (tertiary/aromatic N) is 3. The van der Waals surface area contributed by atoms with Crippen molar-refractivity contribution in [1.29, 1.82) is 0 Å². The summed E-state index contributed by atoms with van der Waals surface area (Å²) in [7, 11) is 0. The van der Waals surface area contributed by atoms with Crippen LogP contribution in [0.5, 0.6) is 0 Å². The van der Waals surface area contributed by atoms with Crippen molar-refractivity contribution in [2.24, 2.45) is 0 Å². The quantitative estimate of drug-likeness (QED) is 0.823. The number of amides is 1. The van der Waals surface area contributed by atoms with Gasteiger partial charge in [-0.15, -0.1) is 0 Å². The lowest BCUT2D eigenvalue weighted by Crippen LogP contribution is -2.37. The van der Waals surface area contributed by atoms with Crippen LogP contribution in [0, 0.1) is 0 Å². The molecule has 1 aromatic heterocycles. The Morgan fingerprint density at radius 3 is 2.52 bits per heavy atom. The monoisotopic (exact) mass is 309 g/mol. The van der Waals surface area contributed by atoms with E-state index >= 15 is 0 Å². The topological polar surface area (TPSA) is 36.4 Å². The van der Waals surface area contributed by atoms with Crippen LogP contribution < -0.4 is 0 Å². The molecule has 4 nitrogen and oxygen atoms in total. The van der Waals surface area contributed by atoms with E-state index in [2.05, 4.69) is 23.7 Å². The van der Waals surface area contributed by atoms with E-state index in [1.54, 1.807) is 6.20 Å². The van der Waals surface area contributed by atoms with Crippen LogP contribution in [-0.2, 0) is 0 Å². The number of hydrogen-bond acceptors (Lipinski definition) is 3. The fourth-order valence-corrected chi connectivity index (χ4v) is 3.25. The van der Waals surface area contributed by atoms with Crippen LogP contribution in [0.3, 0.4) is 0 Å². The van der Waals surface area contributed by atoms with E-state index in [1.165, 1.54) is 0 Å². The van der Waals surface area contributed by atoms with Gasteiger partial charge in [-0.25, -0.2) is 0 Å². The second-order valence-corrected chi connectivity index (χ2v) is 5.77. The maximum Gasteiger partial charge on any atom is 0.255 e. The number of carbonyl (C=O) groups excluding carboxylic acids is 1. The zero-order chi connectivity index (χ0) is 16.2. The maximum atomic E-state index is 12.8. The SMILES string of the molecule is CCN(CC)CCN1C(=O)c2ccccc2C1c1ccccn1. The van der Waals surface area contributed by atoms with Gasteiger partial charge in [0.15, 0.2) is 0 Å². The van der Waals surface area contributed by atoms with Crippen molar-refractivity contribution in [2.75, 3.05) is 26.2 Å². The number of aromatic nitrogens is 1. The van der Waals surface area contributed by atoms with Crippen molar-refractivity contribution >= 4 is 5.91 Å². The average molecular weight is 309 g/mol. The fourth-order valence-electron chi connectivity index (χ4n) is 3.25. The lowest BCUT2D eigenvalue weighted by Gasteiger charge is -2.28. The van der Waals surface area contributed by atoms with Crippen molar-refractivity contribution in [1.82, 2.24) is 14.8 Å². The van der Waals surface area contributed by atoms with Crippen LogP contribution in [-0.4, -0.2) is 46.9 Å². The van der Waals surface area contributed by atoms with E-state index < -0.39 is 0 Å². The van der Waals surface area contributed by atoms with Crippen LogP contribution in [0.1, 0.15) is 41.5 Å². The molecule has 0 aliphatic carbocycles. The second kappa shape index (κ2) is 6.92. The molecule has 0 N–H and O–H groups in total. The zero-order valence-electron chi connectivity index (χ0n) is 13.8. The number of likely N-dealkylation sites (N-methyl/N-ethyl adjacent to an activating group) is 1. The molecule has 120 valence electrons. The summed E-state index contributed by atoms with van der Waals surface area (Å²) in [6, 6.07) is 13.7. The highest BCUT2D eigenvalue weighted by Crippen LogP contribution is 2.37. The summed E-state index contributed by atoms with van der Waals surface area (Å²) in [5.41, 5.74) is 2.81. The first-order valence-electron chi connectivity index (χ1n) is 8.29. The van der Waals surface area contributed by atoms with Gasteiger partial charge in [0.25, 0.3) is 5.91 Å². The molecule has 0 spiro atoms. The molecule has 0 radical (unpaired) electrons. The molecule has 1 aromatic carbocycles. The molecule has 0 bridgehead atoms. The number of carbonyl (C=O) groups is 1. The van der Waals surface area contributed by atoms with Gasteiger partial charge in [0.2, 0.25) is 0 Å². The van der Waals surface area contributed by atoms with E-state index in [-0.39, 0.29) is 11.9 Å². The minimum Gasteiger partial charge on any atom is -0.325 e. The van der Waals surface area contributed by atoms with Gasteiger partial charge >= 0.3 is 0 Å². The van der Waals surface area contributed by atoms with Gasteiger partial charge in [0, 0.05) is 24.8 Å². The van der Waals surface area contributed by atoms with Gasteiger partial charge < -0.3 is 9.80 Å². The van der Waals surface area contributed by atoms with Gasteiger partial charge in [-0.2, -0.15) is 0 Å². The summed E-state index contributed by atoms with van der Waals surface area (Å²) in [5.74, 6) is 0.114. The summed E-state index contributed by atoms with van der Waals surface area (Å²) in [4.78, 5) is 21.7. The summed E-state index contributed by atoms with van der Waals surface area (Å²) in [5, 5.41) is 0. The van der Waals surface area contributed by atoms with E-state index in [9.17, 15) is 4.79 Å². The lowest BCUT2D eigenvalue weighted by molar-refractivity contribution is 0.0727. The van der Waals surface area contributed by atoms with Crippen molar-refractivity contribution in [3.05, 3.63) is 65.5 Å². The molecule has 0 fully saturated rings. The Balaban J connectivity index is 1.92. The number of fused-ring (bicyclic) bond motifs is 1. The Morgan fingerprint density at radius 1 is 1.09 bits per heavy atom. The molecule has 2 heterocycles. The Hall–Kier alpha value is -2.20. The van der Waals surface area contributed by atoms with Gasteiger partial charge in [-0.3, -0.25) is 9.78 Å². The van der Waals surface area contributed by atoms with Gasteiger partial charge in [0.1, 0.15) is 6.04 Å². The third-order valence-corrected chi connectivity index (χ3v) is 4.58. The summed E-state index contributed by atoms with van der Waals surface area (Å²) >= 11 is 0. The van der Waals surface area contributed by atoms with Crippen molar-refractivity contribution in [3.8, 4) is 0 Å². The molecule has 1 aliphatic rings. The molecule has 1 unspecified atom stereocenters. The second-order valence-electron chi connectivity index (χ2n) is 5.77. The van der Waals surface area contributed by atoms with Crippen LogP contribution in [0.25, 0.3) is 0 Å². The molecule has 1 amide bonds. The molecule has 1 atom stereocenters. The summed E-state index contributed by atoms with van der Waals surface area (Å²) in [6.07, 6.45) is 1.79. The Bertz CT molecular complexity index is 667. The van der Waals surface area contributed by atoms with Crippen LogP contribution in [0.2, 0.25) is 0 Å².